The zero-order valence-electron chi connectivity index (χ0n) is 10.7. The molecule has 2 heterocycles. The summed E-state index contributed by atoms with van der Waals surface area (Å²) in [6, 6.07) is 0. The summed E-state index contributed by atoms with van der Waals surface area (Å²) >= 11 is 0. The maximum absolute atomic E-state index is 4.89. The summed E-state index contributed by atoms with van der Waals surface area (Å²) in [6.07, 6.45) is 3.79. The smallest absolute Gasteiger partial charge is 0.101 e. The maximum Gasteiger partial charge on any atom is 0.101 e. The van der Waals surface area contributed by atoms with Gasteiger partial charge in [0, 0.05) is 11.5 Å². The highest BCUT2D eigenvalue weighted by Gasteiger charge is 2.40. The van der Waals surface area contributed by atoms with Gasteiger partial charge in [0.05, 0.1) is 5.54 Å². The predicted molar refractivity (Wildman–Crippen MR) is 65.2 cm³/mol. The molecule has 0 amide bonds. The number of aliphatic imine (C=N–C) groups is 1. The van der Waals surface area contributed by atoms with Gasteiger partial charge < -0.3 is 5.32 Å². The number of nitrogens with one attached hydrogen (secondary N) is 1. The van der Waals surface area contributed by atoms with Crippen LogP contribution in [0.4, 0.5) is 0 Å². The molecule has 0 aromatic rings. The van der Waals surface area contributed by atoms with E-state index in [9.17, 15) is 0 Å². The molecule has 2 rings (SSSR count). The van der Waals surface area contributed by atoms with Crippen LogP contribution in [0.3, 0.4) is 0 Å². The van der Waals surface area contributed by atoms with E-state index in [1.54, 1.807) is 0 Å². The zero-order chi connectivity index (χ0) is 11.3. The number of hydrogen-bond donors (Lipinski definition) is 1. The molecule has 0 aliphatic carbocycles. The lowest BCUT2D eigenvalue weighted by Crippen LogP contribution is -2.56. The molecule has 1 saturated heterocycles. The molecular weight excluding hydrogens is 184 g/mol. The zero-order valence-corrected chi connectivity index (χ0v) is 10.7. The van der Waals surface area contributed by atoms with Gasteiger partial charge in [0.1, 0.15) is 5.84 Å². The van der Waals surface area contributed by atoms with Crippen LogP contribution in [-0.2, 0) is 0 Å². The Labute approximate surface area is 93.6 Å². The van der Waals surface area contributed by atoms with Crippen LogP contribution in [0.25, 0.3) is 0 Å². The Hall–Kier alpha value is -0.530. The first kappa shape index (κ1) is 11.0. The third-order valence-corrected chi connectivity index (χ3v) is 3.83. The highest BCUT2D eigenvalue weighted by Crippen LogP contribution is 2.37. The van der Waals surface area contributed by atoms with E-state index in [1.165, 1.54) is 25.1 Å². The van der Waals surface area contributed by atoms with Gasteiger partial charge in [-0.2, -0.15) is 0 Å². The second-order valence-electron chi connectivity index (χ2n) is 6.64. The minimum absolute atomic E-state index is 0.145. The van der Waals surface area contributed by atoms with Gasteiger partial charge in [0.25, 0.3) is 0 Å². The number of fused-ring (bicyclic) bond motifs is 1. The highest BCUT2D eigenvalue weighted by atomic mass is 15.1. The van der Waals surface area contributed by atoms with E-state index in [-0.39, 0.29) is 11.1 Å². The molecule has 0 aromatic carbocycles. The van der Waals surface area contributed by atoms with E-state index >= 15 is 0 Å². The van der Waals surface area contributed by atoms with Crippen LogP contribution in [0.15, 0.2) is 4.99 Å². The lowest BCUT2D eigenvalue weighted by Gasteiger charge is -2.46. The number of hydrogen-bond acceptors (Lipinski definition) is 2. The van der Waals surface area contributed by atoms with Gasteiger partial charge in [0.2, 0.25) is 0 Å². The molecule has 0 unspecified atom stereocenters. The molecule has 1 fully saturated rings. The van der Waals surface area contributed by atoms with Gasteiger partial charge in [-0.25, -0.2) is 0 Å². The molecule has 2 heteroatoms. The number of nitrogens with zero attached hydrogens (tertiary/aromatic N) is 1. The van der Waals surface area contributed by atoms with Gasteiger partial charge in [0.15, 0.2) is 0 Å². The summed E-state index contributed by atoms with van der Waals surface area (Å²) in [7, 11) is 0. The second kappa shape index (κ2) is 3.23. The lowest BCUT2D eigenvalue weighted by molar-refractivity contribution is 0.227. The second-order valence-corrected chi connectivity index (χ2v) is 6.64. The third-order valence-electron chi connectivity index (χ3n) is 3.83. The number of piperidine rings is 1. The average Bonchev–Trinajstić information content (AvgIpc) is 1.97. The van der Waals surface area contributed by atoms with Crippen molar-refractivity contribution in [2.75, 3.05) is 0 Å². The van der Waals surface area contributed by atoms with Crippen LogP contribution in [0, 0.1) is 11.8 Å². The van der Waals surface area contributed by atoms with Crippen LogP contribution in [-0.4, -0.2) is 16.9 Å². The van der Waals surface area contributed by atoms with Crippen molar-refractivity contribution < 1.29 is 0 Å². The van der Waals surface area contributed by atoms with Crippen molar-refractivity contribution in [2.24, 2.45) is 16.8 Å². The molecule has 2 atom stereocenters. The average molecular weight is 208 g/mol. The molecule has 0 radical (unpaired) electrons. The molecule has 1 N–H and O–H groups in total. The van der Waals surface area contributed by atoms with Gasteiger partial charge >= 0.3 is 0 Å². The first-order chi connectivity index (χ1) is 6.79. The first-order valence-electron chi connectivity index (χ1n) is 6.17. The standard InChI is InChI=1S/C13H24N2/c1-9-8-13(4,5)15-11-10(9)6-7-12(2,3)14-11/h9-10H,6-8H2,1-5H3,(H,14,15)/t9-,10+/m1/s1. The van der Waals surface area contributed by atoms with Crippen LogP contribution in [0.1, 0.15) is 53.9 Å². The molecule has 0 saturated carbocycles. The minimum Gasteiger partial charge on any atom is -0.369 e. The van der Waals surface area contributed by atoms with Crippen LogP contribution < -0.4 is 5.32 Å². The summed E-state index contributed by atoms with van der Waals surface area (Å²) in [5.41, 5.74) is 0.369. The summed E-state index contributed by atoms with van der Waals surface area (Å²) in [5, 5.41) is 3.63. The summed E-state index contributed by atoms with van der Waals surface area (Å²) < 4.78 is 0. The third kappa shape index (κ3) is 2.19. The molecular formula is C13H24N2. The minimum atomic E-state index is 0.145. The fraction of sp³-hybridized carbons (Fsp3) is 0.923. The summed E-state index contributed by atoms with van der Waals surface area (Å²) in [5.74, 6) is 2.73. The molecule has 2 aliphatic heterocycles. The Balaban J connectivity index is 2.27. The molecule has 15 heavy (non-hydrogen) atoms. The van der Waals surface area contributed by atoms with E-state index in [2.05, 4.69) is 39.9 Å². The van der Waals surface area contributed by atoms with Crippen molar-refractivity contribution >= 4 is 5.84 Å². The largest absolute Gasteiger partial charge is 0.369 e. The van der Waals surface area contributed by atoms with Crippen LogP contribution in [0.2, 0.25) is 0 Å². The lowest BCUT2D eigenvalue weighted by atomic mass is 9.73. The Kier molecular flexibility index (Phi) is 2.36. The first-order valence-corrected chi connectivity index (χ1v) is 6.17. The van der Waals surface area contributed by atoms with Crippen LogP contribution >= 0.6 is 0 Å². The quantitative estimate of drug-likeness (QED) is 0.650. The Morgan fingerprint density at radius 3 is 2.60 bits per heavy atom. The maximum atomic E-state index is 4.89. The Morgan fingerprint density at radius 2 is 1.93 bits per heavy atom. The fourth-order valence-electron chi connectivity index (χ4n) is 3.13. The highest BCUT2D eigenvalue weighted by molar-refractivity contribution is 5.87. The van der Waals surface area contributed by atoms with Crippen molar-refractivity contribution in [1.29, 1.82) is 0 Å². The fourth-order valence-corrected chi connectivity index (χ4v) is 3.13. The van der Waals surface area contributed by atoms with Gasteiger partial charge in [-0.1, -0.05) is 6.92 Å². The van der Waals surface area contributed by atoms with E-state index in [0.29, 0.717) is 5.92 Å². The molecule has 86 valence electrons. The van der Waals surface area contributed by atoms with Gasteiger partial charge in [-0.3, -0.25) is 4.99 Å². The van der Waals surface area contributed by atoms with E-state index in [4.69, 9.17) is 4.99 Å². The van der Waals surface area contributed by atoms with Crippen molar-refractivity contribution in [3.8, 4) is 0 Å². The van der Waals surface area contributed by atoms with E-state index in [1.807, 2.05) is 0 Å². The molecule has 0 bridgehead atoms. The molecule has 2 nitrogen and oxygen atoms in total. The van der Waals surface area contributed by atoms with E-state index < -0.39 is 0 Å². The SMILES string of the molecule is C[C@@H]1CC(C)(C)NC2=NC(C)(C)CC[C@H]21. The van der Waals surface area contributed by atoms with Crippen molar-refractivity contribution in [2.45, 2.75) is 65.0 Å². The molecule has 0 aromatic heterocycles. The predicted octanol–water partition coefficient (Wildman–Crippen LogP) is 2.98. The monoisotopic (exact) mass is 208 g/mol. The van der Waals surface area contributed by atoms with E-state index in [0.717, 1.165) is 5.92 Å². The van der Waals surface area contributed by atoms with Crippen molar-refractivity contribution in [3.05, 3.63) is 0 Å². The summed E-state index contributed by atoms with van der Waals surface area (Å²) in [6.45, 7) is 11.4. The Morgan fingerprint density at radius 1 is 1.27 bits per heavy atom. The van der Waals surface area contributed by atoms with Crippen molar-refractivity contribution in [3.63, 3.8) is 0 Å². The van der Waals surface area contributed by atoms with Crippen molar-refractivity contribution in [1.82, 2.24) is 5.32 Å². The van der Waals surface area contributed by atoms with Gasteiger partial charge in [-0.15, -0.1) is 0 Å². The topological polar surface area (TPSA) is 24.4 Å². The Bertz CT molecular complexity index is 289. The molecule has 0 spiro atoms. The van der Waals surface area contributed by atoms with Gasteiger partial charge in [-0.05, 0) is 52.9 Å². The summed E-state index contributed by atoms with van der Waals surface area (Å²) in [4.78, 5) is 4.89. The number of rotatable bonds is 0. The number of amidine groups is 1. The normalized spacial score (nSPS) is 37.5. The van der Waals surface area contributed by atoms with Crippen LogP contribution in [0.5, 0.6) is 0 Å². The molecule has 2 aliphatic rings.